The van der Waals surface area contributed by atoms with Gasteiger partial charge >= 0.3 is 11.9 Å². The van der Waals surface area contributed by atoms with Crippen molar-refractivity contribution in [2.45, 2.75) is 45.3 Å². The van der Waals surface area contributed by atoms with E-state index in [4.69, 9.17) is 19.9 Å². The van der Waals surface area contributed by atoms with E-state index in [2.05, 4.69) is 22.3 Å². The number of benzene rings is 2. The van der Waals surface area contributed by atoms with Crippen molar-refractivity contribution in [2.24, 2.45) is 5.73 Å². The van der Waals surface area contributed by atoms with Gasteiger partial charge in [-0.3, -0.25) is 4.90 Å². The third-order valence-corrected chi connectivity index (χ3v) is 7.38. The van der Waals surface area contributed by atoms with E-state index >= 15 is 0 Å². The van der Waals surface area contributed by atoms with Crippen molar-refractivity contribution in [2.75, 3.05) is 40.0 Å². The Bertz CT molecular complexity index is 1260. The molecule has 1 saturated heterocycles. The molecule has 2 aromatic carbocycles. The van der Waals surface area contributed by atoms with Crippen LogP contribution in [-0.4, -0.2) is 62.4 Å². The highest BCUT2D eigenvalue weighted by Crippen LogP contribution is 2.41. The van der Waals surface area contributed by atoms with Gasteiger partial charge < -0.3 is 25.3 Å². The molecular weight excluding hydrogens is 494 g/mol. The van der Waals surface area contributed by atoms with E-state index in [0.717, 1.165) is 24.2 Å². The summed E-state index contributed by atoms with van der Waals surface area (Å²) in [5, 5.41) is 3.25. The van der Waals surface area contributed by atoms with Gasteiger partial charge in [0.1, 0.15) is 5.60 Å². The maximum absolute atomic E-state index is 14.1. The topological polar surface area (TPSA) is 103 Å². The number of likely N-dealkylation sites (tertiary alicyclic amines) is 1. The van der Waals surface area contributed by atoms with Crippen molar-refractivity contribution in [1.82, 2.24) is 10.2 Å². The standard InChI is InChI=1S/C31H39N3O5/c1-21-10-8-9-13-24(21)27-26(29(35)37-4)22(2)33-25(19-38-17-15-32)28(27)30(36)39-31(3)14-16-34(20-31)18-23-11-6-5-7-12-23/h5-13,27,33H,14-20,32H2,1-4H3. The summed E-state index contributed by atoms with van der Waals surface area (Å²) in [6.45, 7) is 8.78. The lowest BCUT2D eigenvalue weighted by Gasteiger charge is -2.34. The van der Waals surface area contributed by atoms with Crippen LogP contribution in [0.2, 0.25) is 0 Å². The Morgan fingerprint density at radius 1 is 1.05 bits per heavy atom. The number of dihydropyridines is 1. The van der Waals surface area contributed by atoms with Crippen LogP contribution >= 0.6 is 0 Å². The molecule has 1 fully saturated rings. The van der Waals surface area contributed by atoms with Crippen molar-refractivity contribution >= 4 is 11.9 Å². The Balaban J connectivity index is 1.68. The van der Waals surface area contributed by atoms with Crippen molar-refractivity contribution in [3.05, 3.63) is 93.8 Å². The number of nitrogens with two attached hydrogens (primary N) is 1. The highest BCUT2D eigenvalue weighted by atomic mass is 16.6. The molecule has 0 aliphatic carbocycles. The largest absolute Gasteiger partial charge is 0.466 e. The number of carbonyl (C=O) groups is 2. The number of methoxy groups -OCH3 is 1. The maximum Gasteiger partial charge on any atom is 0.337 e. The monoisotopic (exact) mass is 533 g/mol. The van der Waals surface area contributed by atoms with Crippen LogP contribution in [-0.2, 0) is 30.3 Å². The van der Waals surface area contributed by atoms with Gasteiger partial charge in [0.05, 0.1) is 43.1 Å². The summed E-state index contributed by atoms with van der Waals surface area (Å²) in [7, 11) is 1.35. The molecule has 0 saturated carbocycles. The van der Waals surface area contributed by atoms with Gasteiger partial charge in [0.2, 0.25) is 0 Å². The Kier molecular flexibility index (Phi) is 9.22. The zero-order valence-corrected chi connectivity index (χ0v) is 23.3. The molecule has 208 valence electrons. The second-order valence-corrected chi connectivity index (χ2v) is 10.5. The average Bonchev–Trinajstić information content (AvgIpc) is 3.28. The first-order valence-corrected chi connectivity index (χ1v) is 13.4. The van der Waals surface area contributed by atoms with Gasteiger partial charge in [-0.2, -0.15) is 0 Å². The van der Waals surface area contributed by atoms with Gasteiger partial charge in [-0.05, 0) is 37.5 Å². The van der Waals surface area contributed by atoms with Gasteiger partial charge in [0.25, 0.3) is 0 Å². The number of hydrogen-bond donors (Lipinski definition) is 2. The third-order valence-electron chi connectivity index (χ3n) is 7.38. The summed E-state index contributed by atoms with van der Waals surface area (Å²) in [4.78, 5) is 29.5. The molecule has 3 N–H and O–H groups in total. The Morgan fingerprint density at radius 3 is 2.46 bits per heavy atom. The zero-order chi connectivity index (χ0) is 28.0. The highest BCUT2D eigenvalue weighted by molar-refractivity contribution is 6.00. The van der Waals surface area contributed by atoms with E-state index in [1.54, 1.807) is 0 Å². The molecule has 2 aromatic rings. The fourth-order valence-electron chi connectivity index (χ4n) is 5.48. The van der Waals surface area contributed by atoms with Crippen LogP contribution in [0.3, 0.4) is 0 Å². The first-order valence-electron chi connectivity index (χ1n) is 13.4. The van der Waals surface area contributed by atoms with Crippen molar-refractivity contribution in [3.8, 4) is 0 Å². The van der Waals surface area contributed by atoms with Gasteiger partial charge in [-0.1, -0.05) is 54.6 Å². The van der Waals surface area contributed by atoms with Crippen LogP contribution in [0.1, 0.15) is 42.9 Å². The van der Waals surface area contributed by atoms with Crippen LogP contribution < -0.4 is 11.1 Å². The summed E-state index contributed by atoms with van der Waals surface area (Å²) in [6.07, 6.45) is 0.707. The lowest BCUT2D eigenvalue weighted by atomic mass is 9.78. The van der Waals surface area contributed by atoms with Gasteiger partial charge in [0.15, 0.2) is 0 Å². The molecule has 2 aliphatic heterocycles. The SMILES string of the molecule is COC(=O)C1=C(C)NC(COCCN)=C(C(=O)OC2(C)CCN(Cc3ccccc3)C2)C1c1ccccc1C. The van der Waals surface area contributed by atoms with Gasteiger partial charge in [-0.25, -0.2) is 9.59 Å². The number of allylic oxidation sites excluding steroid dienone is 1. The summed E-state index contributed by atoms with van der Waals surface area (Å²) in [6, 6.07) is 18.0. The maximum atomic E-state index is 14.1. The zero-order valence-electron chi connectivity index (χ0n) is 23.3. The number of esters is 2. The normalized spacial score (nSPS) is 21.6. The molecule has 2 unspecified atom stereocenters. The minimum Gasteiger partial charge on any atom is -0.466 e. The Morgan fingerprint density at radius 2 is 1.77 bits per heavy atom. The molecule has 0 spiro atoms. The van der Waals surface area contributed by atoms with Crippen molar-refractivity contribution in [3.63, 3.8) is 0 Å². The molecule has 0 radical (unpaired) electrons. The number of carbonyl (C=O) groups excluding carboxylic acids is 2. The first kappa shape index (κ1) is 28.5. The predicted octanol–water partition coefficient (Wildman–Crippen LogP) is 3.57. The number of ether oxygens (including phenoxy) is 3. The number of rotatable bonds is 10. The fraction of sp³-hybridized carbons (Fsp3) is 0.419. The van der Waals surface area contributed by atoms with Gasteiger partial charge in [0, 0.05) is 38.3 Å². The smallest absolute Gasteiger partial charge is 0.337 e. The van der Waals surface area contributed by atoms with E-state index in [9.17, 15) is 9.59 Å². The minimum absolute atomic E-state index is 0.132. The van der Waals surface area contributed by atoms with Crippen LogP contribution in [0.25, 0.3) is 0 Å². The quantitative estimate of drug-likeness (QED) is 0.353. The Labute approximate surface area is 230 Å². The molecule has 0 aromatic heterocycles. The lowest BCUT2D eigenvalue weighted by Crippen LogP contribution is -2.40. The van der Waals surface area contributed by atoms with E-state index in [-0.39, 0.29) is 6.61 Å². The number of nitrogens with one attached hydrogen (secondary N) is 1. The molecule has 0 amide bonds. The predicted molar refractivity (Wildman–Crippen MR) is 150 cm³/mol. The number of nitrogens with zero attached hydrogens (tertiary/aromatic N) is 1. The third kappa shape index (κ3) is 6.58. The summed E-state index contributed by atoms with van der Waals surface area (Å²) >= 11 is 0. The Hall–Kier alpha value is -3.46. The number of aryl methyl sites for hydroxylation is 1. The molecule has 39 heavy (non-hydrogen) atoms. The molecule has 0 bridgehead atoms. The molecular formula is C31H39N3O5. The second-order valence-electron chi connectivity index (χ2n) is 10.5. The molecule has 8 nitrogen and oxygen atoms in total. The number of hydrogen-bond acceptors (Lipinski definition) is 8. The first-order chi connectivity index (χ1) is 18.8. The molecule has 2 heterocycles. The molecule has 2 aliphatic rings. The summed E-state index contributed by atoms with van der Waals surface area (Å²) in [5.74, 6) is -1.64. The molecule has 4 rings (SSSR count). The van der Waals surface area contributed by atoms with Crippen LogP contribution in [0.4, 0.5) is 0 Å². The van der Waals surface area contributed by atoms with Crippen molar-refractivity contribution in [1.29, 1.82) is 0 Å². The van der Waals surface area contributed by atoms with Crippen molar-refractivity contribution < 1.29 is 23.8 Å². The lowest BCUT2D eigenvalue weighted by molar-refractivity contribution is -0.152. The highest BCUT2D eigenvalue weighted by Gasteiger charge is 2.43. The summed E-state index contributed by atoms with van der Waals surface area (Å²) in [5.41, 5.74) is 9.88. The summed E-state index contributed by atoms with van der Waals surface area (Å²) < 4.78 is 17.2. The average molecular weight is 534 g/mol. The fourth-order valence-corrected chi connectivity index (χ4v) is 5.48. The molecule has 8 heteroatoms. The van der Waals surface area contributed by atoms with Gasteiger partial charge in [-0.15, -0.1) is 0 Å². The second kappa shape index (κ2) is 12.6. The minimum atomic E-state index is -0.681. The van der Waals surface area contributed by atoms with Crippen LogP contribution in [0, 0.1) is 6.92 Å². The van der Waals surface area contributed by atoms with E-state index in [1.807, 2.05) is 63.2 Å². The molecule has 2 atom stereocenters. The van der Waals surface area contributed by atoms with Crippen LogP contribution in [0.5, 0.6) is 0 Å². The van der Waals surface area contributed by atoms with E-state index in [0.29, 0.717) is 48.7 Å². The van der Waals surface area contributed by atoms with Crippen LogP contribution in [0.15, 0.2) is 77.1 Å². The van der Waals surface area contributed by atoms with E-state index < -0.39 is 23.5 Å². The van der Waals surface area contributed by atoms with E-state index in [1.165, 1.54) is 12.7 Å².